The Morgan fingerprint density at radius 3 is 2.84 bits per heavy atom. The molecule has 0 saturated heterocycles. The van der Waals surface area contributed by atoms with Gasteiger partial charge in [0, 0.05) is 35.7 Å². The maximum absolute atomic E-state index is 12.0. The first-order valence-electron chi connectivity index (χ1n) is 7.91. The second kappa shape index (κ2) is 7.85. The lowest BCUT2D eigenvalue weighted by atomic mass is 10.2. The van der Waals surface area contributed by atoms with Gasteiger partial charge in [-0.1, -0.05) is 30.3 Å². The lowest BCUT2D eigenvalue weighted by Gasteiger charge is -2.06. The number of nitrogens with zero attached hydrogens (tertiary/aromatic N) is 3. The average molecular weight is 354 g/mol. The molecule has 1 amide bonds. The van der Waals surface area contributed by atoms with Crippen LogP contribution in [0.1, 0.15) is 11.4 Å². The Morgan fingerprint density at radius 2 is 2.08 bits per heavy atom. The molecule has 0 radical (unpaired) electrons. The van der Waals surface area contributed by atoms with Crippen LogP contribution in [0.3, 0.4) is 0 Å². The van der Waals surface area contributed by atoms with Gasteiger partial charge < -0.3 is 5.32 Å². The number of carbonyl (C=O) groups is 1. The van der Waals surface area contributed by atoms with Crippen molar-refractivity contribution in [2.75, 3.05) is 6.54 Å². The van der Waals surface area contributed by atoms with Gasteiger partial charge in [-0.25, -0.2) is 9.97 Å². The fourth-order valence-corrected chi connectivity index (χ4v) is 3.17. The molecule has 0 atom stereocenters. The van der Waals surface area contributed by atoms with Crippen LogP contribution in [0.4, 0.5) is 0 Å². The van der Waals surface area contributed by atoms with Crippen molar-refractivity contribution in [3.05, 3.63) is 69.8 Å². The van der Waals surface area contributed by atoms with E-state index in [-0.39, 0.29) is 18.0 Å². The van der Waals surface area contributed by atoms with Gasteiger partial charge in [0.1, 0.15) is 11.6 Å². The summed E-state index contributed by atoms with van der Waals surface area (Å²) in [5.41, 5.74) is 2.45. The van der Waals surface area contributed by atoms with Crippen LogP contribution in [0.25, 0.3) is 10.6 Å². The number of amides is 1. The molecule has 0 spiro atoms. The van der Waals surface area contributed by atoms with E-state index in [1.165, 1.54) is 17.0 Å². The highest BCUT2D eigenvalue weighted by Gasteiger charge is 2.07. The largest absolute Gasteiger partial charge is 0.354 e. The molecule has 0 aliphatic rings. The van der Waals surface area contributed by atoms with Crippen molar-refractivity contribution in [2.24, 2.45) is 0 Å². The van der Waals surface area contributed by atoms with Gasteiger partial charge in [0.05, 0.1) is 12.0 Å². The van der Waals surface area contributed by atoms with Gasteiger partial charge in [0.15, 0.2) is 0 Å². The molecule has 2 heterocycles. The lowest BCUT2D eigenvalue weighted by molar-refractivity contribution is -0.121. The number of hydrogen-bond acceptors (Lipinski definition) is 5. The summed E-state index contributed by atoms with van der Waals surface area (Å²) in [7, 11) is 0. The van der Waals surface area contributed by atoms with E-state index in [9.17, 15) is 9.59 Å². The smallest absolute Gasteiger partial charge is 0.253 e. The molecule has 0 aliphatic carbocycles. The SMILES string of the molecule is Cc1cc(=O)n(CC(=O)NCCc2csc(-c3ccccc3)n2)cn1. The standard InChI is InChI=1S/C18H18N4O2S/c1-13-9-17(24)22(12-20-13)10-16(23)19-8-7-15-11-25-18(21-15)14-5-3-2-4-6-14/h2-6,9,11-12H,7-8,10H2,1H3,(H,19,23). The van der Waals surface area contributed by atoms with E-state index in [0.717, 1.165) is 16.3 Å². The molecule has 1 aromatic carbocycles. The van der Waals surface area contributed by atoms with E-state index in [1.807, 2.05) is 35.7 Å². The van der Waals surface area contributed by atoms with E-state index in [1.54, 1.807) is 18.3 Å². The second-order valence-corrected chi connectivity index (χ2v) is 6.46. The highest BCUT2D eigenvalue weighted by molar-refractivity contribution is 7.13. The summed E-state index contributed by atoms with van der Waals surface area (Å²) < 4.78 is 1.29. The van der Waals surface area contributed by atoms with Crippen LogP contribution in [-0.2, 0) is 17.8 Å². The highest BCUT2D eigenvalue weighted by Crippen LogP contribution is 2.23. The van der Waals surface area contributed by atoms with Gasteiger partial charge in [-0.05, 0) is 6.92 Å². The van der Waals surface area contributed by atoms with Crippen LogP contribution < -0.4 is 10.9 Å². The van der Waals surface area contributed by atoms with Crippen LogP contribution >= 0.6 is 11.3 Å². The van der Waals surface area contributed by atoms with Crippen LogP contribution in [0.15, 0.2) is 52.9 Å². The molecule has 3 aromatic rings. The predicted molar refractivity (Wildman–Crippen MR) is 97.5 cm³/mol. The van der Waals surface area contributed by atoms with Crippen molar-refractivity contribution in [2.45, 2.75) is 19.9 Å². The van der Waals surface area contributed by atoms with E-state index in [0.29, 0.717) is 18.7 Å². The Labute approximate surface area is 149 Å². The Bertz CT molecular complexity index is 918. The van der Waals surface area contributed by atoms with Gasteiger partial charge in [-0.2, -0.15) is 0 Å². The molecule has 0 unspecified atom stereocenters. The summed E-state index contributed by atoms with van der Waals surface area (Å²) in [6, 6.07) is 11.4. The summed E-state index contributed by atoms with van der Waals surface area (Å²) in [5.74, 6) is -0.216. The molecule has 0 fully saturated rings. The van der Waals surface area contributed by atoms with Crippen molar-refractivity contribution in [3.8, 4) is 10.6 Å². The zero-order valence-corrected chi connectivity index (χ0v) is 14.6. The molecule has 3 rings (SSSR count). The Kier molecular flexibility index (Phi) is 5.35. The Hall–Kier alpha value is -2.80. The van der Waals surface area contributed by atoms with Crippen molar-refractivity contribution >= 4 is 17.2 Å². The first kappa shape index (κ1) is 17.0. The number of thiazole rings is 1. The highest BCUT2D eigenvalue weighted by atomic mass is 32.1. The molecule has 0 saturated carbocycles. The minimum Gasteiger partial charge on any atom is -0.354 e. The minimum atomic E-state index is -0.227. The second-order valence-electron chi connectivity index (χ2n) is 5.61. The average Bonchev–Trinajstić information content (AvgIpc) is 3.07. The van der Waals surface area contributed by atoms with Crippen molar-refractivity contribution in [1.29, 1.82) is 0 Å². The number of benzene rings is 1. The summed E-state index contributed by atoms with van der Waals surface area (Å²) >= 11 is 1.59. The molecule has 7 heteroatoms. The number of aromatic nitrogens is 3. The quantitative estimate of drug-likeness (QED) is 0.735. The minimum absolute atomic E-state index is 0.0293. The Morgan fingerprint density at radius 1 is 1.28 bits per heavy atom. The molecular formula is C18H18N4O2S. The fourth-order valence-electron chi connectivity index (χ4n) is 2.31. The van der Waals surface area contributed by atoms with Crippen LogP contribution in [0.5, 0.6) is 0 Å². The first-order chi connectivity index (χ1) is 12.1. The normalized spacial score (nSPS) is 10.6. The third kappa shape index (κ3) is 4.60. The zero-order chi connectivity index (χ0) is 17.6. The molecule has 6 nitrogen and oxygen atoms in total. The van der Waals surface area contributed by atoms with E-state index in [2.05, 4.69) is 15.3 Å². The Balaban J connectivity index is 1.50. The molecule has 0 bridgehead atoms. The van der Waals surface area contributed by atoms with Crippen molar-refractivity contribution in [3.63, 3.8) is 0 Å². The molecular weight excluding hydrogens is 336 g/mol. The summed E-state index contributed by atoms with van der Waals surface area (Å²) in [4.78, 5) is 32.3. The third-order valence-corrected chi connectivity index (χ3v) is 4.55. The number of hydrogen-bond donors (Lipinski definition) is 1. The topological polar surface area (TPSA) is 76.9 Å². The molecule has 128 valence electrons. The van der Waals surface area contributed by atoms with Gasteiger partial charge >= 0.3 is 0 Å². The van der Waals surface area contributed by atoms with Gasteiger partial charge in [0.25, 0.3) is 5.56 Å². The number of rotatable bonds is 6. The first-order valence-corrected chi connectivity index (χ1v) is 8.79. The molecule has 25 heavy (non-hydrogen) atoms. The van der Waals surface area contributed by atoms with E-state index in [4.69, 9.17) is 0 Å². The number of nitrogens with one attached hydrogen (secondary N) is 1. The van der Waals surface area contributed by atoms with Crippen molar-refractivity contribution in [1.82, 2.24) is 19.9 Å². The monoisotopic (exact) mass is 354 g/mol. The van der Waals surface area contributed by atoms with Gasteiger partial charge in [0.2, 0.25) is 5.91 Å². The third-order valence-electron chi connectivity index (χ3n) is 3.61. The van der Waals surface area contributed by atoms with Crippen LogP contribution in [0, 0.1) is 6.92 Å². The summed E-state index contributed by atoms with van der Waals surface area (Å²) in [5, 5.41) is 5.78. The maximum atomic E-state index is 12.0. The maximum Gasteiger partial charge on any atom is 0.253 e. The van der Waals surface area contributed by atoms with E-state index < -0.39 is 0 Å². The predicted octanol–water partition coefficient (Wildman–Crippen LogP) is 2.03. The van der Waals surface area contributed by atoms with Gasteiger partial charge in [-0.15, -0.1) is 11.3 Å². The van der Waals surface area contributed by atoms with Gasteiger partial charge in [-0.3, -0.25) is 14.2 Å². The molecule has 1 N–H and O–H groups in total. The van der Waals surface area contributed by atoms with Crippen molar-refractivity contribution < 1.29 is 4.79 Å². The zero-order valence-electron chi connectivity index (χ0n) is 13.8. The summed E-state index contributed by atoms with van der Waals surface area (Å²) in [6.07, 6.45) is 2.04. The fraction of sp³-hybridized carbons (Fsp3) is 0.222. The summed E-state index contributed by atoms with van der Waals surface area (Å²) in [6.45, 7) is 2.19. The molecule has 2 aromatic heterocycles. The van der Waals surface area contributed by atoms with Crippen LogP contribution in [0.2, 0.25) is 0 Å². The lowest BCUT2D eigenvalue weighted by Crippen LogP contribution is -2.33. The van der Waals surface area contributed by atoms with Crippen LogP contribution in [-0.4, -0.2) is 27.0 Å². The number of carbonyl (C=O) groups excluding carboxylic acids is 1. The number of aryl methyl sites for hydroxylation is 1. The van der Waals surface area contributed by atoms with E-state index >= 15 is 0 Å². The molecule has 0 aliphatic heterocycles.